The van der Waals surface area contributed by atoms with Crippen LogP contribution in [0.5, 0.6) is 11.5 Å². The lowest BCUT2D eigenvalue weighted by molar-refractivity contribution is -0.119. The maximum Gasteiger partial charge on any atom is 0.338 e. The minimum Gasteiger partial charge on any atom is -0.493 e. The molecule has 0 spiro atoms. The Hall–Kier alpha value is -4.42. The van der Waals surface area contributed by atoms with E-state index in [2.05, 4.69) is 10.3 Å². The van der Waals surface area contributed by atoms with Gasteiger partial charge in [-0.25, -0.2) is 18.2 Å². The summed E-state index contributed by atoms with van der Waals surface area (Å²) in [7, 11) is -0.818. The molecule has 1 aliphatic rings. The summed E-state index contributed by atoms with van der Waals surface area (Å²) in [4.78, 5) is 29.6. The van der Waals surface area contributed by atoms with E-state index in [4.69, 9.17) is 14.2 Å². The standard InChI is InChI=1S/C29H27N3O7S2/c1-37-25-13-12-20(16-26(25)38-2)23-18-40-29(30-23)31-27(33)17-39-28(34)21-8-5-10-22(15-21)41(35,36)32-14-6-9-19-7-3-4-11-24(19)32/h3-5,7-8,10-13,15-16,18H,6,9,14,17H2,1-2H3,(H,30,31,33). The SMILES string of the molecule is COc1ccc(-c2csc(NC(=O)COC(=O)c3cccc(S(=O)(=O)N4CCCc5ccccc54)c3)n2)cc1OC. The highest BCUT2D eigenvalue weighted by molar-refractivity contribution is 7.92. The van der Waals surface area contributed by atoms with Gasteiger partial charge in [-0.2, -0.15) is 0 Å². The average Bonchev–Trinajstić information content (AvgIpc) is 3.47. The molecule has 0 aliphatic carbocycles. The van der Waals surface area contributed by atoms with E-state index >= 15 is 0 Å². The summed E-state index contributed by atoms with van der Waals surface area (Å²) >= 11 is 1.21. The van der Waals surface area contributed by atoms with Crippen molar-refractivity contribution in [1.29, 1.82) is 0 Å². The van der Waals surface area contributed by atoms with Crippen LogP contribution in [0.25, 0.3) is 11.3 Å². The zero-order valence-corrected chi connectivity index (χ0v) is 24.0. The van der Waals surface area contributed by atoms with Crippen molar-refractivity contribution in [2.24, 2.45) is 0 Å². The normalized spacial score (nSPS) is 12.8. The van der Waals surface area contributed by atoms with Gasteiger partial charge in [-0.05, 0) is 60.9 Å². The number of fused-ring (bicyclic) bond motifs is 1. The highest BCUT2D eigenvalue weighted by Gasteiger charge is 2.29. The quantitative estimate of drug-likeness (QED) is 0.276. The number of aryl methyl sites for hydroxylation is 1. The van der Waals surface area contributed by atoms with E-state index in [9.17, 15) is 18.0 Å². The van der Waals surface area contributed by atoms with Gasteiger partial charge in [0.2, 0.25) is 0 Å². The van der Waals surface area contributed by atoms with E-state index in [1.807, 2.05) is 18.2 Å². The monoisotopic (exact) mass is 593 g/mol. The fraction of sp³-hybridized carbons (Fsp3) is 0.207. The van der Waals surface area contributed by atoms with Gasteiger partial charge in [0, 0.05) is 17.5 Å². The highest BCUT2D eigenvalue weighted by Crippen LogP contribution is 2.34. The summed E-state index contributed by atoms with van der Waals surface area (Å²) in [6.07, 6.45) is 1.50. The molecule has 12 heteroatoms. The third kappa shape index (κ3) is 6.03. The molecule has 5 rings (SSSR count). The largest absolute Gasteiger partial charge is 0.493 e. The van der Waals surface area contributed by atoms with E-state index in [0.29, 0.717) is 41.0 Å². The minimum atomic E-state index is -3.91. The number of nitrogens with zero attached hydrogens (tertiary/aromatic N) is 2. The number of benzene rings is 3. The maximum absolute atomic E-state index is 13.5. The van der Waals surface area contributed by atoms with E-state index in [1.54, 1.807) is 43.9 Å². The van der Waals surface area contributed by atoms with Gasteiger partial charge in [-0.3, -0.25) is 14.4 Å². The number of thiazole rings is 1. The van der Waals surface area contributed by atoms with Gasteiger partial charge in [0.15, 0.2) is 23.2 Å². The van der Waals surface area contributed by atoms with E-state index < -0.39 is 28.5 Å². The third-order valence-electron chi connectivity index (χ3n) is 6.49. The van der Waals surface area contributed by atoms with Crippen LogP contribution < -0.4 is 19.1 Å². The van der Waals surface area contributed by atoms with Crippen molar-refractivity contribution in [3.63, 3.8) is 0 Å². The molecule has 212 valence electrons. The number of sulfonamides is 1. The van der Waals surface area contributed by atoms with Gasteiger partial charge in [-0.15, -0.1) is 11.3 Å². The molecule has 0 unspecified atom stereocenters. The van der Waals surface area contributed by atoms with Gasteiger partial charge in [0.25, 0.3) is 15.9 Å². The molecule has 10 nitrogen and oxygen atoms in total. The number of carbonyl (C=O) groups excluding carboxylic acids is 2. The molecule has 2 heterocycles. The molecule has 0 bridgehead atoms. The maximum atomic E-state index is 13.5. The molecular formula is C29H27N3O7S2. The molecule has 1 aliphatic heterocycles. The van der Waals surface area contributed by atoms with Crippen LogP contribution in [0.4, 0.5) is 10.8 Å². The number of anilines is 2. The first-order valence-electron chi connectivity index (χ1n) is 12.7. The second-order valence-electron chi connectivity index (χ2n) is 9.07. The number of ether oxygens (including phenoxy) is 3. The lowest BCUT2D eigenvalue weighted by atomic mass is 10.0. The summed E-state index contributed by atoms with van der Waals surface area (Å²) in [6, 6.07) is 18.4. The Morgan fingerprint density at radius 3 is 2.61 bits per heavy atom. The molecule has 1 N–H and O–H groups in total. The van der Waals surface area contributed by atoms with Crippen LogP contribution in [0, 0.1) is 0 Å². The summed E-state index contributed by atoms with van der Waals surface area (Å²) in [5.41, 5.74) is 3.01. The highest BCUT2D eigenvalue weighted by atomic mass is 32.2. The molecule has 1 amide bonds. The molecule has 0 atom stereocenters. The summed E-state index contributed by atoms with van der Waals surface area (Å²) in [5, 5.41) is 4.71. The van der Waals surface area contributed by atoms with Crippen molar-refractivity contribution in [2.45, 2.75) is 17.7 Å². The second-order valence-corrected chi connectivity index (χ2v) is 11.8. The molecule has 3 aromatic carbocycles. The van der Waals surface area contributed by atoms with E-state index in [0.717, 1.165) is 17.5 Å². The summed E-state index contributed by atoms with van der Waals surface area (Å²) in [6.45, 7) is -0.223. The van der Waals surface area contributed by atoms with Gasteiger partial charge >= 0.3 is 5.97 Å². The van der Waals surface area contributed by atoms with E-state index in [-0.39, 0.29) is 10.5 Å². The van der Waals surface area contributed by atoms with Gasteiger partial charge in [0.05, 0.1) is 36.1 Å². The van der Waals surface area contributed by atoms with Crippen LogP contribution in [0.2, 0.25) is 0 Å². The van der Waals surface area contributed by atoms with Crippen molar-refractivity contribution in [3.05, 3.63) is 83.2 Å². The second kappa shape index (κ2) is 12.0. The lowest BCUT2D eigenvalue weighted by Crippen LogP contribution is -2.35. The van der Waals surface area contributed by atoms with Crippen LogP contribution >= 0.6 is 11.3 Å². The third-order valence-corrected chi connectivity index (χ3v) is 9.06. The van der Waals surface area contributed by atoms with Crippen LogP contribution in [0.15, 0.2) is 77.0 Å². The first-order chi connectivity index (χ1) is 19.8. The number of para-hydroxylation sites is 1. The molecule has 4 aromatic rings. The Kier molecular flexibility index (Phi) is 8.22. The number of amides is 1. The van der Waals surface area contributed by atoms with Gasteiger partial charge < -0.3 is 14.2 Å². The van der Waals surface area contributed by atoms with Gasteiger partial charge in [-0.1, -0.05) is 24.3 Å². The number of esters is 1. The number of nitrogens with one attached hydrogen (secondary N) is 1. The van der Waals surface area contributed by atoms with Crippen LogP contribution in [0.3, 0.4) is 0 Å². The Bertz CT molecular complexity index is 1700. The van der Waals surface area contributed by atoms with Gasteiger partial charge in [0.1, 0.15) is 0 Å². The molecule has 41 heavy (non-hydrogen) atoms. The topological polar surface area (TPSA) is 124 Å². The number of hydrogen-bond acceptors (Lipinski definition) is 9. The predicted octanol–water partition coefficient (Wildman–Crippen LogP) is 4.76. The Labute approximate surface area is 241 Å². The fourth-order valence-corrected chi connectivity index (χ4v) is 6.81. The van der Waals surface area contributed by atoms with E-state index in [1.165, 1.54) is 39.9 Å². The smallest absolute Gasteiger partial charge is 0.338 e. The minimum absolute atomic E-state index is 0.0224. The lowest BCUT2D eigenvalue weighted by Gasteiger charge is -2.30. The van der Waals surface area contributed by atoms with Crippen LogP contribution in [-0.2, 0) is 26.0 Å². The van der Waals surface area contributed by atoms with Crippen molar-refractivity contribution in [3.8, 4) is 22.8 Å². The van der Waals surface area contributed by atoms with Crippen molar-refractivity contribution < 1.29 is 32.2 Å². The van der Waals surface area contributed by atoms with Crippen molar-refractivity contribution in [1.82, 2.24) is 4.98 Å². The Morgan fingerprint density at radius 1 is 1.00 bits per heavy atom. The first kappa shape index (κ1) is 28.1. The predicted molar refractivity (Wildman–Crippen MR) is 155 cm³/mol. The number of rotatable bonds is 9. The first-order valence-corrected chi connectivity index (χ1v) is 15.0. The molecular weight excluding hydrogens is 566 g/mol. The number of carbonyl (C=O) groups is 2. The summed E-state index contributed by atoms with van der Waals surface area (Å²) < 4.78 is 44.0. The van der Waals surface area contributed by atoms with Crippen LogP contribution in [0.1, 0.15) is 22.3 Å². The Balaban J connectivity index is 1.22. The average molecular weight is 594 g/mol. The fourth-order valence-electron chi connectivity index (χ4n) is 4.49. The molecule has 0 radical (unpaired) electrons. The zero-order valence-electron chi connectivity index (χ0n) is 22.3. The zero-order chi connectivity index (χ0) is 29.0. The van der Waals surface area contributed by atoms with Crippen molar-refractivity contribution in [2.75, 3.05) is 37.0 Å². The van der Waals surface area contributed by atoms with Crippen molar-refractivity contribution >= 4 is 44.1 Å². The Morgan fingerprint density at radius 2 is 1.80 bits per heavy atom. The molecule has 1 aromatic heterocycles. The number of aromatic nitrogens is 1. The van der Waals surface area contributed by atoms with Crippen LogP contribution in [-0.4, -0.2) is 52.6 Å². The number of hydrogen-bond donors (Lipinski definition) is 1. The number of methoxy groups -OCH3 is 2. The summed E-state index contributed by atoms with van der Waals surface area (Å²) in [5.74, 6) is -0.267. The molecule has 0 saturated carbocycles. The molecule has 0 saturated heterocycles. The molecule has 0 fully saturated rings.